The van der Waals surface area contributed by atoms with E-state index in [-0.39, 0.29) is 6.42 Å². The Bertz CT molecular complexity index is 340. The molecule has 0 radical (unpaired) electrons. The molecule has 0 atom stereocenters. The van der Waals surface area contributed by atoms with Crippen LogP contribution in [0.1, 0.15) is 11.3 Å². The molecule has 6 heteroatoms. The average molecular weight is 232 g/mol. The third-order valence-corrected chi connectivity index (χ3v) is 3.28. The molecular formula is C8H9O4PS-2. The average Bonchev–Trinajstić information content (AvgIpc) is 2.49. The van der Waals surface area contributed by atoms with Gasteiger partial charge in [0.1, 0.15) is 5.78 Å². The first-order valence-electron chi connectivity index (χ1n) is 4.02. The summed E-state index contributed by atoms with van der Waals surface area (Å²) in [6.07, 6.45) is -0.232. The Balaban J connectivity index is 2.32. The van der Waals surface area contributed by atoms with E-state index in [0.29, 0.717) is 6.42 Å². The van der Waals surface area contributed by atoms with Gasteiger partial charge in [-0.3, -0.25) is 4.79 Å². The summed E-state index contributed by atoms with van der Waals surface area (Å²) >= 11 is 1.51. The summed E-state index contributed by atoms with van der Waals surface area (Å²) in [6, 6.07) is 3.72. The number of rotatable bonds is 5. The van der Waals surface area contributed by atoms with Crippen LogP contribution in [-0.2, 0) is 15.8 Å². The molecule has 1 aromatic rings. The molecule has 0 N–H and O–H groups in total. The van der Waals surface area contributed by atoms with E-state index < -0.39 is 19.5 Å². The van der Waals surface area contributed by atoms with Crippen molar-refractivity contribution >= 4 is 24.7 Å². The van der Waals surface area contributed by atoms with Gasteiger partial charge in [-0.15, -0.1) is 11.3 Å². The van der Waals surface area contributed by atoms with E-state index in [4.69, 9.17) is 0 Å². The summed E-state index contributed by atoms with van der Waals surface area (Å²) in [5, 5.41) is 1.88. The zero-order valence-corrected chi connectivity index (χ0v) is 9.05. The lowest BCUT2D eigenvalue weighted by atomic mass is 10.2. The topological polar surface area (TPSA) is 80.3 Å². The number of carbonyl (C=O) groups excluding carboxylic acids is 1. The van der Waals surface area contributed by atoms with E-state index in [9.17, 15) is 19.1 Å². The molecule has 1 aromatic heterocycles. The number of thiophene rings is 1. The first-order valence-corrected chi connectivity index (χ1v) is 6.63. The molecule has 0 aliphatic heterocycles. The van der Waals surface area contributed by atoms with Crippen LogP contribution in [0.2, 0.25) is 0 Å². The van der Waals surface area contributed by atoms with E-state index in [1.165, 1.54) is 11.3 Å². The summed E-state index contributed by atoms with van der Waals surface area (Å²) < 4.78 is 10.3. The van der Waals surface area contributed by atoms with Gasteiger partial charge in [-0.2, -0.15) is 0 Å². The fraction of sp³-hybridized carbons (Fsp3) is 0.375. The number of hydrogen-bond donors (Lipinski definition) is 0. The molecule has 1 heterocycles. The Morgan fingerprint density at radius 1 is 1.50 bits per heavy atom. The molecule has 0 bridgehead atoms. The Morgan fingerprint density at radius 2 is 2.21 bits per heavy atom. The lowest BCUT2D eigenvalue weighted by molar-refractivity contribution is -0.312. The maximum absolute atomic E-state index is 11.0. The van der Waals surface area contributed by atoms with Crippen molar-refractivity contribution < 1.29 is 19.1 Å². The monoisotopic (exact) mass is 232 g/mol. The zero-order chi connectivity index (χ0) is 10.6. The minimum atomic E-state index is -4.67. The van der Waals surface area contributed by atoms with Crippen LogP contribution in [0, 0.1) is 0 Å². The van der Waals surface area contributed by atoms with Crippen LogP contribution in [-0.4, -0.2) is 11.9 Å². The number of hydrogen-bond acceptors (Lipinski definition) is 5. The van der Waals surface area contributed by atoms with Crippen LogP contribution >= 0.6 is 18.9 Å². The Labute approximate surface area is 85.7 Å². The molecular weight excluding hydrogens is 223 g/mol. The second-order valence-electron chi connectivity index (χ2n) is 2.89. The largest absolute Gasteiger partial charge is 0.810 e. The smallest absolute Gasteiger partial charge is 0.138 e. The highest BCUT2D eigenvalue weighted by atomic mass is 32.1. The third kappa shape index (κ3) is 4.67. The minimum absolute atomic E-state index is 0.120. The van der Waals surface area contributed by atoms with Crippen molar-refractivity contribution in [2.75, 3.05) is 6.16 Å². The fourth-order valence-corrected chi connectivity index (χ4v) is 2.31. The highest BCUT2D eigenvalue weighted by Gasteiger charge is 2.05. The zero-order valence-electron chi connectivity index (χ0n) is 7.34. The molecule has 0 saturated carbocycles. The van der Waals surface area contributed by atoms with E-state index in [1.54, 1.807) is 0 Å². The summed E-state index contributed by atoms with van der Waals surface area (Å²) in [6.45, 7) is 0. The van der Waals surface area contributed by atoms with Crippen molar-refractivity contribution in [3.8, 4) is 0 Å². The van der Waals surface area contributed by atoms with E-state index in [1.807, 2.05) is 17.5 Å². The molecule has 0 spiro atoms. The molecule has 1 rings (SSSR count). The first-order chi connectivity index (χ1) is 6.47. The van der Waals surface area contributed by atoms with Gasteiger partial charge in [0, 0.05) is 17.5 Å². The van der Waals surface area contributed by atoms with Crippen molar-refractivity contribution in [2.24, 2.45) is 0 Å². The lowest BCUT2D eigenvalue weighted by Crippen LogP contribution is -2.21. The van der Waals surface area contributed by atoms with Gasteiger partial charge in [0.15, 0.2) is 0 Å². The van der Waals surface area contributed by atoms with Gasteiger partial charge < -0.3 is 14.4 Å². The van der Waals surface area contributed by atoms with Crippen LogP contribution in [0.15, 0.2) is 17.5 Å². The van der Waals surface area contributed by atoms with Crippen LogP contribution in [0.3, 0.4) is 0 Å². The van der Waals surface area contributed by atoms with Gasteiger partial charge in [0.05, 0.1) is 0 Å². The van der Waals surface area contributed by atoms with E-state index in [0.717, 1.165) is 4.88 Å². The number of carbonyl (C=O) groups is 1. The molecule has 0 aliphatic rings. The lowest BCUT2D eigenvalue weighted by Gasteiger charge is -2.28. The predicted octanol–water partition coefficient (Wildman–Crippen LogP) is 0.163. The van der Waals surface area contributed by atoms with Gasteiger partial charge >= 0.3 is 0 Å². The van der Waals surface area contributed by atoms with Crippen molar-refractivity contribution in [1.82, 2.24) is 0 Å². The van der Waals surface area contributed by atoms with Crippen molar-refractivity contribution in [3.63, 3.8) is 0 Å². The van der Waals surface area contributed by atoms with Crippen LogP contribution < -0.4 is 9.79 Å². The van der Waals surface area contributed by atoms with Crippen LogP contribution in [0.5, 0.6) is 0 Å². The molecule has 0 fully saturated rings. The quantitative estimate of drug-likeness (QED) is 0.677. The van der Waals surface area contributed by atoms with E-state index in [2.05, 4.69) is 0 Å². The Kier molecular flexibility index (Phi) is 4.01. The summed E-state index contributed by atoms with van der Waals surface area (Å²) in [4.78, 5) is 32.5. The first kappa shape index (κ1) is 11.6. The SMILES string of the molecule is O=C(CCc1cccs1)CP(=O)([O-])[O-]. The Morgan fingerprint density at radius 3 is 2.71 bits per heavy atom. The van der Waals surface area contributed by atoms with Gasteiger partial charge in [0.25, 0.3) is 0 Å². The molecule has 4 nitrogen and oxygen atoms in total. The van der Waals surface area contributed by atoms with Gasteiger partial charge in [-0.1, -0.05) is 13.7 Å². The predicted molar refractivity (Wildman–Crippen MR) is 50.1 cm³/mol. The number of aryl methyl sites for hydroxylation is 1. The highest BCUT2D eigenvalue weighted by Crippen LogP contribution is 2.23. The normalized spacial score (nSPS) is 11.6. The molecule has 0 amide bonds. The minimum Gasteiger partial charge on any atom is -0.810 e. The van der Waals surface area contributed by atoms with Gasteiger partial charge in [-0.25, -0.2) is 0 Å². The molecule has 0 unspecified atom stereocenters. The fourth-order valence-electron chi connectivity index (χ4n) is 1.01. The summed E-state index contributed by atoms with van der Waals surface area (Å²) in [5.74, 6) is -0.508. The number of Topliss-reactive ketones (excluding diaryl/α,β-unsaturated/α-hetero) is 1. The number of ketones is 1. The van der Waals surface area contributed by atoms with Crippen molar-refractivity contribution in [1.29, 1.82) is 0 Å². The summed E-state index contributed by atoms with van der Waals surface area (Å²) in [7, 11) is -4.67. The van der Waals surface area contributed by atoms with Crippen molar-refractivity contribution in [2.45, 2.75) is 12.8 Å². The van der Waals surface area contributed by atoms with Gasteiger partial charge in [0.2, 0.25) is 0 Å². The molecule has 14 heavy (non-hydrogen) atoms. The molecule has 0 saturated heterocycles. The summed E-state index contributed by atoms with van der Waals surface area (Å²) in [5.41, 5.74) is 0. The molecule has 0 aliphatic carbocycles. The third-order valence-electron chi connectivity index (χ3n) is 1.60. The Hall–Kier alpha value is -0.480. The van der Waals surface area contributed by atoms with E-state index >= 15 is 0 Å². The van der Waals surface area contributed by atoms with Crippen molar-refractivity contribution in [3.05, 3.63) is 22.4 Å². The second kappa shape index (κ2) is 4.84. The molecule has 0 aromatic carbocycles. The molecule has 78 valence electrons. The standard InChI is InChI=1S/C8H11O4PS/c9-7(6-13(10,11)12)3-4-8-2-1-5-14-8/h1-2,5H,3-4,6H2,(H2,10,11,12)/p-2. The maximum Gasteiger partial charge on any atom is 0.138 e. The maximum atomic E-state index is 11.0. The van der Waals surface area contributed by atoms with Gasteiger partial charge in [-0.05, 0) is 17.9 Å². The second-order valence-corrected chi connectivity index (χ2v) is 5.46. The highest BCUT2D eigenvalue weighted by molar-refractivity contribution is 7.49. The van der Waals surface area contributed by atoms with Crippen LogP contribution in [0.4, 0.5) is 0 Å². The van der Waals surface area contributed by atoms with Crippen LogP contribution in [0.25, 0.3) is 0 Å².